The van der Waals surface area contributed by atoms with Crippen LogP contribution < -0.4 is 0 Å². The summed E-state index contributed by atoms with van der Waals surface area (Å²) in [6.07, 6.45) is 4.44. The van der Waals surface area contributed by atoms with Gasteiger partial charge in [0.2, 0.25) is 0 Å². The quantitative estimate of drug-likeness (QED) is 0.343. The van der Waals surface area contributed by atoms with E-state index in [0.29, 0.717) is 13.2 Å². The summed E-state index contributed by atoms with van der Waals surface area (Å²) < 4.78 is 10.2. The Balaban J connectivity index is 2.28. The zero-order valence-electron chi connectivity index (χ0n) is 10.2. The van der Waals surface area contributed by atoms with Gasteiger partial charge in [-0.05, 0) is 6.42 Å². The highest BCUT2D eigenvalue weighted by Crippen LogP contribution is 2.21. The summed E-state index contributed by atoms with van der Waals surface area (Å²) >= 11 is 4.09. The molecule has 2 atom stereocenters. The lowest BCUT2D eigenvalue weighted by atomic mass is 10.0. The third-order valence-corrected chi connectivity index (χ3v) is 3.21. The van der Waals surface area contributed by atoms with Crippen molar-refractivity contribution in [2.24, 2.45) is 5.92 Å². The smallest absolute Gasteiger partial charge is 0.320 e. The van der Waals surface area contributed by atoms with E-state index in [9.17, 15) is 9.59 Å². The molecule has 5 heteroatoms. The number of rotatable bonds is 6. The number of ether oxygens (including phenoxy) is 2. The van der Waals surface area contributed by atoms with Crippen LogP contribution in [0.4, 0.5) is 0 Å². The van der Waals surface area contributed by atoms with E-state index in [1.54, 1.807) is 0 Å². The van der Waals surface area contributed by atoms with Crippen LogP contribution in [-0.4, -0.2) is 30.4 Å². The Bertz CT molecular complexity index is 267. The fourth-order valence-corrected chi connectivity index (χ4v) is 2.12. The van der Waals surface area contributed by atoms with Gasteiger partial charge in [0, 0.05) is 6.42 Å². The molecule has 1 saturated heterocycles. The topological polar surface area (TPSA) is 52.6 Å². The number of Topliss-reactive ketones (excluding diaryl/α,β-unsaturated/α-hetero) is 1. The Morgan fingerprint density at radius 1 is 1.47 bits per heavy atom. The fraction of sp³-hybridized carbons (Fsp3) is 0.833. The predicted octanol–water partition coefficient (Wildman–Crippen LogP) is 1.97. The first kappa shape index (κ1) is 14.5. The maximum absolute atomic E-state index is 11.7. The molecule has 17 heavy (non-hydrogen) atoms. The molecule has 1 aliphatic heterocycles. The van der Waals surface area contributed by atoms with Crippen molar-refractivity contribution in [2.75, 3.05) is 13.2 Å². The molecular formula is C12H20O4S. The molecule has 0 bridgehead atoms. The second kappa shape index (κ2) is 7.71. The van der Waals surface area contributed by atoms with Gasteiger partial charge >= 0.3 is 5.97 Å². The lowest BCUT2D eigenvalue weighted by molar-refractivity contribution is -0.159. The van der Waals surface area contributed by atoms with E-state index in [-0.39, 0.29) is 12.2 Å². The molecule has 2 unspecified atom stereocenters. The molecule has 0 radical (unpaired) electrons. The van der Waals surface area contributed by atoms with E-state index < -0.39 is 17.3 Å². The first-order chi connectivity index (χ1) is 8.16. The second-order valence-corrected chi connectivity index (χ2v) is 4.69. The van der Waals surface area contributed by atoms with Crippen molar-refractivity contribution < 1.29 is 19.1 Å². The summed E-state index contributed by atoms with van der Waals surface area (Å²) in [7, 11) is 0. The average molecular weight is 260 g/mol. The maximum atomic E-state index is 11.7. The lowest BCUT2D eigenvalue weighted by Gasteiger charge is -2.25. The minimum Gasteiger partial charge on any atom is -0.465 e. The van der Waals surface area contributed by atoms with E-state index in [0.717, 1.165) is 25.7 Å². The van der Waals surface area contributed by atoms with Gasteiger partial charge in [-0.3, -0.25) is 9.59 Å². The number of carbonyl (C=O) groups excluding carboxylic acids is 2. The van der Waals surface area contributed by atoms with Crippen molar-refractivity contribution in [2.45, 2.75) is 44.5 Å². The van der Waals surface area contributed by atoms with E-state index in [1.807, 2.05) is 0 Å². The summed E-state index contributed by atoms with van der Waals surface area (Å²) in [6, 6.07) is 0. The molecule has 1 rings (SSSR count). The van der Waals surface area contributed by atoms with Gasteiger partial charge in [-0.1, -0.05) is 26.2 Å². The molecule has 4 nitrogen and oxygen atoms in total. The van der Waals surface area contributed by atoms with Crippen LogP contribution in [0.2, 0.25) is 0 Å². The summed E-state index contributed by atoms with van der Waals surface area (Å²) in [5.41, 5.74) is -0.653. The molecule has 1 heterocycles. The van der Waals surface area contributed by atoms with Gasteiger partial charge in [-0.2, -0.15) is 0 Å². The monoisotopic (exact) mass is 260 g/mol. The van der Waals surface area contributed by atoms with Gasteiger partial charge in [0.25, 0.3) is 0 Å². The maximum Gasteiger partial charge on any atom is 0.320 e. The van der Waals surface area contributed by atoms with E-state index in [4.69, 9.17) is 9.47 Å². The summed E-state index contributed by atoms with van der Waals surface area (Å²) in [5.74, 6) is -1.47. The van der Waals surface area contributed by atoms with Gasteiger partial charge in [0.1, 0.15) is 5.44 Å². The number of unbranched alkanes of at least 4 members (excludes halogenated alkanes) is 3. The minimum absolute atomic E-state index is 0.130. The Kier molecular flexibility index (Phi) is 6.58. The summed E-state index contributed by atoms with van der Waals surface area (Å²) in [6.45, 7) is 2.84. The van der Waals surface area contributed by atoms with Crippen LogP contribution >= 0.6 is 12.6 Å². The molecule has 98 valence electrons. The minimum atomic E-state index is -0.849. The van der Waals surface area contributed by atoms with Crippen molar-refractivity contribution in [1.82, 2.24) is 0 Å². The molecular weight excluding hydrogens is 240 g/mol. The Labute approximate surface area is 107 Å². The van der Waals surface area contributed by atoms with Crippen LogP contribution in [0.15, 0.2) is 0 Å². The normalized spacial score (nSPS) is 24.7. The van der Waals surface area contributed by atoms with Crippen LogP contribution in [0.1, 0.15) is 39.0 Å². The van der Waals surface area contributed by atoms with Crippen LogP contribution in [0, 0.1) is 5.92 Å². The molecule has 1 fully saturated rings. The Hall–Kier alpha value is -0.550. The molecule has 0 amide bonds. The highest BCUT2D eigenvalue weighted by Gasteiger charge is 2.37. The van der Waals surface area contributed by atoms with Gasteiger partial charge in [0.05, 0.1) is 13.2 Å². The lowest BCUT2D eigenvalue weighted by Crippen LogP contribution is -2.40. The Morgan fingerprint density at radius 2 is 2.24 bits per heavy atom. The number of thiol groups is 1. The van der Waals surface area contributed by atoms with Crippen LogP contribution in [0.3, 0.4) is 0 Å². The second-order valence-electron chi connectivity index (χ2n) is 4.18. The van der Waals surface area contributed by atoms with Crippen LogP contribution in [-0.2, 0) is 19.1 Å². The van der Waals surface area contributed by atoms with Gasteiger partial charge in [0.15, 0.2) is 11.7 Å². The van der Waals surface area contributed by atoms with Gasteiger partial charge in [-0.25, -0.2) is 0 Å². The zero-order valence-corrected chi connectivity index (χ0v) is 11.1. The highest BCUT2D eigenvalue weighted by atomic mass is 32.1. The van der Waals surface area contributed by atoms with Gasteiger partial charge < -0.3 is 9.47 Å². The predicted molar refractivity (Wildman–Crippen MR) is 66.9 cm³/mol. The van der Waals surface area contributed by atoms with E-state index in [1.165, 1.54) is 0 Å². The van der Waals surface area contributed by atoms with E-state index >= 15 is 0 Å². The molecule has 0 saturated carbocycles. The number of hydrogen-bond donors (Lipinski definition) is 1. The van der Waals surface area contributed by atoms with Crippen molar-refractivity contribution >= 4 is 24.4 Å². The number of carbonyl (C=O) groups is 2. The largest absolute Gasteiger partial charge is 0.465 e. The molecule has 0 aromatic rings. The van der Waals surface area contributed by atoms with E-state index in [2.05, 4.69) is 19.6 Å². The van der Waals surface area contributed by atoms with Crippen molar-refractivity contribution in [3.05, 3.63) is 0 Å². The third-order valence-electron chi connectivity index (χ3n) is 2.77. The summed E-state index contributed by atoms with van der Waals surface area (Å²) in [5, 5.41) is 0. The fourth-order valence-electron chi connectivity index (χ4n) is 1.73. The van der Waals surface area contributed by atoms with Crippen LogP contribution in [0.5, 0.6) is 0 Å². The SMILES string of the molecule is CCCCCCOC(=O)C1C(=O)CCOC1S. The van der Waals surface area contributed by atoms with Crippen molar-refractivity contribution in [1.29, 1.82) is 0 Å². The molecule has 0 aromatic carbocycles. The number of hydrogen-bond acceptors (Lipinski definition) is 5. The average Bonchev–Trinajstić information content (AvgIpc) is 2.28. The highest BCUT2D eigenvalue weighted by molar-refractivity contribution is 7.80. The molecule has 0 spiro atoms. The van der Waals surface area contributed by atoms with Crippen molar-refractivity contribution in [3.63, 3.8) is 0 Å². The number of esters is 1. The summed E-state index contributed by atoms with van der Waals surface area (Å²) in [4.78, 5) is 23.2. The molecule has 1 aliphatic rings. The Morgan fingerprint density at radius 3 is 2.88 bits per heavy atom. The van der Waals surface area contributed by atoms with Crippen LogP contribution in [0.25, 0.3) is 0 Å². The first-order valence-corrected chi connectivity index (χ1v) is 6.67. The third kappa shape index (κ3) is 4.68. The molecule has 0 aromatic heterocycles. The molecule has 0 N–H and O–H groups in total. The first-order valence-electron chi connectivity index (χ1n) is 6.15. The standard InChI is InChI=1S/C12H20O4S/c1-2-3-4-5-7-15-11(14)10-9(13)6-8-16-12(10)17/h10,12,17H,2-8H2,1H3. The number of ketones is 1. The van der Waals surface area contributed by atoms with Crippen molar-refractivity contribution in [3.8, 4) is 0 Å². The zero-order chi connectivity index (χ0) is 12.7. The molecule has 0 aliphatic carbocycles. The van der Waals surface area contributed by atoms with Gasteiger partial charge in [-0.15, -0.1) is 12.6 Å².